The monoisotopic (exact) mass is 477 g/mol. The molecule has 3 heterocycles. The van der Waals surface area contributed by atoms with Gasteiger partial charge < -0.3 is 24.4 Å². The number of aryl methyl sites for hydroxylation is 1. The molecule has 0 bridgehead atoms. The average molecular weight is 478 g/mol. The summed E-state index contributed by atoms with van der Waals surface area (Å²) in [6, 6.07) is 17.2. The lowest BCUT2D eigenvalue weighted by molar-refractivity contribution is 0.164. The number of aromatic nitrogens is 2. The van der Waals surface area contributed by atoms with Crippen LogP contribution in [0.1, 0.15) is 48.6 Å². The van der Waals surface area contributed by atoms with E-state index < -0.39 is 0 Å². The number of thiocarbonyl (C=S) groups is 1. The summed E-state index contributed by atoms with van der Waals surface area (Å²) in [4.78, 5) is 9.26. The van der Waals surface area contributed by atoms with Crippen LogP contribution in [0.5, 0.6) is 0 Å². The maximum atomic E-state index is 5.77. The molecule has 0 spiro atoms. The van der Waals surface area contributed by atoms with E-state index in [2.05, 4.69) is 88.8 Å². The number of nitrogens with one attached hydrogen (secondary N) is 1. The maximum Gasteiger partial charge on any atom is 0.170 e. The highest BCUT2D eigenvalue weighted by Crippen LogP contribution is 2.41. The highest BCUT2D eigenvalue weighted by atomic mass is 32.1. The van der Waals surface area contributed by atoms with Gasteiger partial charge in [0.25, 0.3) is 0 Å². The van der Waals surface area contributed by atoms with Crippen molar-refractivity contribution in [2.24, 2.45) is 0 Å². The van der Waals surface area contributed by atoms with Gasteiger partial charge in [0.1, 0.15) is 0 Å². The van der Waals surface area contributed by atoms with Crippen LogP contribution in [0.3, 0.4) is 0 Å². The van der Waals surface area contributed by atoms with Gasteiger partial charge in [-0.3, -0.25) is 4.98 Å². The molecule has 34 heavy (non-hydrogen) atoms. The number of nitrogens with zero attached hydrogens (tertiary/aromatic N) is 4. The molecule has 2 aromatic heterocycles. The van der Waals surface area contributed by atoms with Crippen LogP contribution in [0.4, 0.5) is 5.69 Å². The van der Waals surface area contributed by atoms with Crippen LogP contribution in [0, 0.1) is 13.8 Å². The van der Waals surface area contributed by atoms with Crippen molar-refractivity contribution in [1.82, 2.24) is 19.8 Å². The Labute approximate surface area is 208 Å². The van der Waals surface area contributed by atoms with Gasteiger partial charge in [-0.2, -0.15) is 0 Å². The third kappa shape index (κ3) is 4.55. The van der Waals surface area contributed by atoms with E-state index in [4.69, 9.17) is 17.0 Å². The Bertz CT molecular complexity index is 1110. The minimum absolute atomic E-state index is 0.0236. The zero-order chi connectivity index (χ0) is 24.2. The van der Waals surface area contributed by atoms with Crippen molar-refractivity contribution in [1.29, 1.82) is 0 Å². The van der Waals surface area contributed by atoms with E-state index >= 15 is 0 Å². The molecule has 180 valence electrons. The van der Waals surface area contributed by atoms with Crippen molar-refractivity contribution >= 4 is 23.0 Å². The van der Waals surface area contributed by atoms with Crippen molar-refractivity contribution in [3.8, 4) is 5.69 Å². The first kappa shape index (κ1) is 24.2. The molecule has 1 fully saturated rings. The molecule has 2 atom stereocenters. The van der Waals surface area contributed by atoms with E-state index in [0.29, 0.717) is 6.61 Å². The Balaban J connectivity index is 1.75. The Morgan fingerprint density at radius 2 is 1.82 bits per heavy atom. The van der Waals surface area contributed by atoms with Crippen molar-refractivity contribution in [2.45, 2.75) is 39.8 Å². The van der Waals surface area contributed by atoms with Gasteiger partial charge in [-0.05, 0) is 87.9 Å². The molecule has 0 aliphatic carbocycles. The molecular weight excluding hydrogens is 442 g/mol. The third-order valence-corrected chi connectivity index (χ3v) is 7.11. The number of hydrogen-bond acceptors (Lipinski definition) is 4. The van der Waals surface area contributed by atoms with Gasteiger partial charge in [-0.15, -0.1) is 0 Å². The van der Waals surface area contributed by atoms with Crippen LogP contribution >= 0.6 is 12.2 Å². The molecule has 4 rings (SSSR count). The maximum absolute atomic E-state index is 5.77. The van der Waals surface area contributed by atoms with Gasteiger partial charge in [-0.1, -0.05) is 6.07 Å². The first-order chi connectivity index (χ1) is 16.5. The zero-order valence-corrected chi connectivity index (χ0v) is 21.6. The molecule has 0 amide bonds. The molecule has 1 aromatic carbocycles. The summed E-state index contributed by atoms with van der Waals surface area (Å²) in [5, 5.41) is 4.27. The average Bonchev–Trinajstić information content (AvgIpc) is 3.34. The van der Waals surface area contributed by atoms with Crippen LogP contribution in [-0.4, -0.2) is 52.9 Å². The highest BCUT2D eigenvalue weighted by Gasteiger charge is 2.41. The molecule has 3 aromatic rings. The van der Waals surface area contributed by atoms with E-state index in [1.54, 1.807) is 7.11 Å². The molecule has 0 unspecified atom stereocenters. The summed E-state index contributed by atoms with van der Waals surface area (Å²) >= 11 is 5.77. The number of rotatable bonds is 9. The number of methoxy groups -OCH3 is 1. The predicted molar refractivity (Wildman–Crippen MR) is 143 cm³/mol. The van der Waals surface area contributed by atoms with E-state index in [0.717, 1.165) is 30.4 Å². The third-order valence-electron chi connectivity index (χ3n) is 6.76. The van der Waals surface area contributed by atoms with Gasteiger partial charge in [0.15, 0.2) is 5.11 Å². The summed E-state index contributed by atoms with van der Waals surface area (Å²) in [5.41, 5.74) is 7.08. The van der Waals surface area contributed by atoms with Crippen molar-refractivity contribution < 1.29 is 4.74 Å². The Morgan fingerprint density at radius 3 is 2.44 bits per heavy atom. The molecule has 6 nitrogen and oxygen atoms in total. The number of benzene rings is 1. The quantitative estimate of drug-likeness (QED) is 0.440. The van der Waals surface area contributed by atoms with Crippen LogP contribution in [0.2, 0.25) is 0 Å². The Morgan fingerprint density at radius 1 is 1.09 bits per heavy atom. The number of ether oxygens (including phenoxy) is 1. The highest BCUT2D eigenvalue weighted by molar-refractivity contribution is 7.80. The van der Waals surface area contributed by atoms with E-state index in [-0.39, 0.29) is 12.1 Å². The number of anilines is 1. The molecule has 0 radical (unpaired) electrons. The normalized spacial score (nSPS) is 17.8. The number of hydrogen-bond donors (Lipinski definition) is 1. The van der Waals surface area contributed by atoms with Gasteiger partial charge in [0.05, 0.1) is 24.4 Å². The lowest BCUT2D eigenvalue weighted by atomic mass is 9.97. The van der Waals surface area contributed by atoms with E-state index in [1.807, 2.05) is 18.3 Å². The van der Waals surface area contributed by atoms with Crippen molar-refractivity contribution in [3.63, 3.8) is 0 Å². The SMILES string of the molecule is CCN(CC)c1ccc(-n2c(C)cc([C@H]3[C@H](c4ccccn4)NC(=S)N3CCOC)c2C)cc1. The summed E-state index contributed by atoms with van der Waals surface area (Å²) in [6.45, 7) is 12.1. The smallest absolute Gasteiger partial charge is 0.170 e. The fourth-order valence-electron chi connectivity index (χ4n) is 5.06. The van der Waals surface area contributed by atoms with Crippen LogP contribution in [0.15, 0.2) is 54.7 Å². The predicted octanol–water partition coefficient (Wildman–Crippen LogP) is 4.95. The summed E-state index contributed by atoms with van der Waals surface area (Å²) in [5.74, 6) is 0. The zero-order valence-electron chi connectivity index (χ0n) is 20.8. The molecule has 1 saturated heterocycles. The second-order valence-electron chi connectivity index (χ2n) is 8.66. The summed E-state index contributed by atoms with van der Waals surface area (Å²) in [6.07, 6.45) is 1.84. The minimum Gasteiger partial charge on any atom is -0.383 e. The second kappa shape index (κ2) is 10.6. The lowest BCUT2D eigenvalue weighted by Gasteiger charge is -2.28. The largest absolute Gasteiger partial charge is 0.383 e. The van der Waals surface area contributed by atoms with Gasteiger partial charge in [-0.25, -0.2) is 0 Å². The fourth-order valence-corrected chi connectivity index (χ4v) is 5.39. The first-order valence-corrected chi connectivity index (χ1v) is 12.4. The number of pyridine rings is 1. The van der Waals surface area contributed by atoms with Crippen LogP contribution in [0.25, 0.3) is 5.69 Å². The second-order valence-corrected chi connectivity index (χ2v) is 9.05. The molecular formula is C27H35N5OS. The van der Waals surface area contributed by atoms with E-state index in [9.17, 15) is 0 Å². The molecule has 1 aliphatic heterocycles. The fraction of sp³-hybridized carbons (Fsp3) is 0.407. The van der Waals surface area contributed by atoms with Crippen molar-refractivity contribution in [2.75, 3.05) is 38.3 Å². The molecule has 7 heteroatoms. The first-order valence-electron chi connectivity index (χ1n) is 12.0. The Hall–Kier alpha value is -2.90. The summed E-state index contributed by atoms with van der Waals surface area (Å²) < 4.78 is 7.74. The molecule has 1 N–H and O–H groups in total. The molecule has 1 aliphatic rings. The topological polar surface area (TPSA) is 45.6 Å². The minimum atomic E-state index is -0.0236. The lowest BCUT2D eigenvalue weighted by Crippen LogP contribution is -2.32. The van der Waals surface area contributed by atoms with Gasteiger partial charge in [0, 0.05) is 55.7 Å². The Kier molecular flexibility index (Phi) is 7.54. The van der Waals surface area contributed by atoms with Crippen molar-refractivity contribution in [3.05, 3.63) is 77.4 Å². The standard InChI is InChI=1S/C27H35N5OS/c1-6-30(7-2)21-11-13-22(14-12-21)32-19(3)18-23(20(32)4)26-25(24-10-8-9-15-28-24)29-27(34)31(26)16-17-33-5/h8-15,18,25-26H,6-7,16-17H2,1-5H3,(H,29,34)/t25-,26-/m0/s1. The van der Waals surface area contributed by atoms with Gasteiger partial charge >= 0.3 is 0 Å². The van der Waals surface area contributed by atoms with Gasteiger partial charge in [0.2, 0.25) is 0 Å². The van der Waals surface area contributed by atoms with E-state index in [1.165, 1.54) is 28.3 Å². The molecule has 0 saturated carbocycles. The van der Waals surface area contributed by atoms with Crippen LogP contribution in [-0.2, 0) is 4.74 Å². The van der Waals surface area contributed by atoms with Crippen LogP contribution < -0.4 is 10.2 Å². The summed E-state index contributed by atoms with van der Waals surface area (Å²) in [7, 11) is 1.73.